The molecule has 1 aromatic carbocycles. The Morgan fingerprint density at radius 1 is 1.05 bits per heavy atom. The van der Waals surface area contributed by atoms with Gasteiger partial charge in [-0.05, 0) is 25.1 Å². The SMILES string of the molecule is CC.Cc1cc(-c2ccc(C(F)(F)F)cc2)nc(C=O)n1. The first-order chi connectivity index (χ1) is 9.90. The van der Waals surface area contributed by atoms with Crippen LogP contribution in [0.2, 0.25) is 0 Å². The summed E-state index contributed by atoms with van der Waals surface area (Å²) in [7, 11) is 0. The second-order valence-corrected chi connectivity index (χ2v) is 3.95. The number of benzene rings is 1. The lowest BCUT2D eigenvalue weighted by Crippen LogP contribution is -2.04. The lowest BCUT2D eigenvalue weighted by Gasteiger charge is -2.08. The predicted octanol–water partition coefficient (Wildman–Crippen LogP) is 4.31. The fraction of sp³-hybridized carbons (Fsp3) is 0.267. The smallest absolute Gasteiger partial charge is 0.294 e. The molecule has 1 heterocycles. The summed E-state index contributed by atoms with van der Waals surface area (Å²) in [6, 6.07) is 6.20. The van der Waals surface area contributed by atoms with Crippen molar-refractivity contribution in [2.75, 3.05) is 0 Å². The summed E-state index contributed by atoms with van der Waals surface area (Å²) in [6.45, 7) is 5.68. The van der Waals surface area contributed by atoms with E-state index in [0.29, 0.717) is 23.2 Å². The van der Waals surface area contributed by atoms with E-state index in [-0.39, 0.29) is 5.82 Å². The molecule has 0 saturated heterocycles. The molecule has 0 bridgehead atoms. The number of halogens is 3. The van der Waals surface area contributed by atoms with E-state index >= 15 is 0 Å². The van der Waals surface area contributed by atoms with Crippen LogP contribution in [0.5, 0.6) is 0 Å². The Bertz CT molecular complexity index is 607. The molecule has 0 saturated carbocycles. The highest BCUT2D eigenvalue weighted by molar-refractivity contribution is 5.71. The molecule has 0 aliphatic carbocycles. The molecule has 0 atom stereocenters. The first-order valence-electron chi connectivity index (χ1n) is 6.38. The van der Waals surface area contributed by atoms with Gasteiger partial charge in [0.2, 0.25) is 0 Å². The third-order valence-electron chi connectivity index (χ3n) is 2.48. The maximum atomic E-state index is 12.4. The average Bonchev–Trinajstić information content (AvgIpc) is 2.48. The summed E-state index contributed by atoms with van der Waals surface area (Å²) in [4.78, 5) is 18.5. The van der Waals surface area contributed by atoms with Crippen molar-refractivity contribution in [2.24, 2.45) is 0 Å². The Balaban J connectivity index is 0.00000106. The molecular formula is C15H15F3N2O. The number of aromatic nitrogens is 2. The molecule has 0 aliphatic heterocycles. The van der Waals surface area contributed by atoms with Crippen LogP contribution in [-0.4, -0.2) is 16.3 Å². The summed E-state index contributed by atoms with van der Waals surface area (Å²) in [5.41, 5.74) is 0.773. The standard InChI is InChI=1S/C13H9F3N2O.C2H6/c1-8-6-11(18-12(7-19)17-8)9-2-4-10(5-3-9)13(14,15)16;1-2/h2-7H,1H3;1-2H3. The van der Waals surface area contributed by atoms with Crippen molar-refractivity contribution in [2.45, 2.75) is 26.9 Å². The van der Waals surface area contributed by atoms with Gasteiger partial charge in [0.25, 0.3) is 0 Å². The van der Waals surface area contributed by atoms with Crippen molar-refractivity contribution in [1.29, 1.82) is 0 Å². The molecule has 1 aromatic heterocycles. The Kier molecular flexibility index (Phi) is 5.58. The predicted molar refractivity (Wildman–Crippen MR) is 73.9 cm³/mol. The Hall–Kier alpha value is -2.24. The highest BCUT2D eigenvalue weighted by atomic mass is 19.4. The van der Waals surface area contributed by atoms with Crippen molar-refractivity contribution in [3.05, 3.63) is 47.4 Å². The fourth-order valence-electron chi connectivity index (χ4n) is 1.62. The van der Waals surface area contributed by atoms with Crippen LogP contribution in [0.15, 0.2) is 30.3 Å². The van der Waals surface area contributed by atoms with Gasteiger partial charge in [0.15, 0.2) is 12.1 Å². The van der Waals surface area contributed by atoms with Gasteiger partial charge in [-0.2, -0.15) is 13.2 Å². The van der Waals surface area contributed by atoms with Crippen LogP contribution < -0.4 is 0 Å². The third-order valence-corrected chi connectivity index (χ3v) is 2.48. The van der Waals surface area contributed by atoms with E-state index in [1.165, 1.54) is 12.1 Å². The minimum Gasteiger partial charge on any atom is -0.294 e. The van der Waals surface area contributed by atoms with Gasteiger partial charge >= 0.3 is 6.18 Å². The zero-order valence-electron chi connectivity index (χ0n) is 11.9. The molecule has 112 valence electrons. The van der Waals surface area contributed by atoms with Gasteiger partial charge in [0, 0.05) is 11.3 Å². The number of rotatable bonds is 2. The number of carbonyl (C=O) groups is 1. The molecule has 0 spiro atoms. The number of hydrogen-bond donors (Lipinski definition) is 0. The molecular weight excluding hydrogens is 281 g/mol. The topological polar surface area (TPSA) is 42.9 Å². The first-order valence-corrected chi connectivity index (χ1v) is 6.38. The van der Waals surface area contributed by atoms with E-state index in [1.54, 1.807) is 13.0 Å². The fourth-order valence-corrected chi connectivity index (χ4v) is 1.62. The second-order valence-electron chi connectivity index (χ2n) is 3.95. The molecule has 0 aliphatic rings. The number of nitrogens with zero attached hydrogens (tertiary/aromatic N) is 2. The molecule has 3 nitrogen and oxygen atoms in total. The first kappa shape index (κ1) is 16.8. The molecule has 0 N–H and O–H groups in total. The number of hydrogen-bond acceptors (Lipinski definition) is 3. The maximum Gasteiger partial charge on any atom is 0.416 e. The van der Waals surface area contributed by atoms with E-state index in [4.69, 9.17) is 0 Å². The van der Waals surface area contributed by atoms with E-state index in [0.717, 1.165) is 12.1 Å². The maximum absolute atomic E-state index is 12.4. The van der Waals surface area contributed by atoms with Crippen molar-refractivity contribution >= 4 is 6.29 Å². The Morgan fingerprint density at radius 2 is 1.62 bits per heavy atom. The van der Waals surface area contributed by atoms with Crippen molar-refractivity contribution < 1.29 is 18.0 Å². The van der Waals surface area contributed by atoms with Crippen molar-refractivity contribution in [1.82, 2.24) is 9.97 Å². The molecule has 0 amide bonds. The quantitative estimate of drug-likeness (QED) is 0.776. The monoisotopic (exact) mass is 296 g/mol. The lowest BCUT2D eigenvalue weighted by molar-refractivity contribution is -0.137. The minimum absolute atomic E-state index is 0.00916. The summed E-state index contributed by atoms with van der Waals surface area (Å²) in [6.07, 6.45) is -3.87. The van der Waals surface area contributed by atoms with Crippen LogP contribution in [-0.2, 0) is 6.18 Å². The summed E-state index contributed by atoms with van der Waals surface area (Å²) in [5, 5.41) is 0. The van der Waals surface area contributed by atoms with E-state index in [1.807, 2.05) is 13.8 Å². The highest BCUT2D eigenvalue weighted by Crippen LogP contribution is 2.30. The number of alkyl halides is 3. The number of carbonyl (C=O) groups excluding carboxylic acids is 1. The molecule has 21 heavy (non-hydrogen) atoms. The van der Waals surface area contributed by atoms with Gasteiger partial charge in [0.1, 0.15) is 0 Å². The van der Waals surface area contributed by atoms with Gasteiger partial charge < -0.3 is 0 Å². The molecule has 2 rings (SSSR count). The van der Waals surface area contributed by atoms with Gasteiger partial charge in [-0.25, -0.2) is 9.97 Å². The van der Waals surface area contributed by atoms with E-state index in [2.05, 4.69) is 9.97 Å². The lowest BCUT2D eigenvalue weighted by atomic mass is 10.1. The highest BCUT2D eigenvalue weighted by Gasteiger charge is 2.30. The molecule has 2 aromatic rings. The largest absolute Gasteiger partial charge is 0.416 e. The molecule has 0 radical (unpaired) electrons. The number of aldehydes is 1. The second kappa shape index (κ2) is 6.97. The van der Waals surface area contributed by atoms with E-state index < -0.39 is 11.7 Å². The van der Waals surface area contributed by atoms with Crippen LogP contribution in [0.25, 0.3) is 11.3 Å². The van der Waals surface area contributed by atoms with Crippen LogP contribution in [0, 0.1) is 6.92 Å². The summed E-state index contributed by atoms with van der Waals surface area (Å²) in [5.74, 6) is 0.00916. The summed E-state index contributed by atoms with van der Waals surface area (Å²) >= 11 is 0. The van der Waals surface area contributed by atoms with Gasteiger partial charge in [-0.15, -0.1) is 0 Å². The van der Waals surface area contributed by atoms with Gasteiger partial charge in [0.05, 0.1) is 11.3 Å². The van der Waals surface area contributed by atoms with Crippen molar-refractivity contribution in [3.8, 4) is 11.3 Å². The van der Waals surface area contributed by atoms with Crippen LogP contribution in [0.4, 0.5) is 13.2 Å². The molecule has 6 heteroatoms. The zero-order valence-corrected chi connectivity index (χ0v) is 11.9. The Morgan fingerprint density at radius 3 is 2.10 bits per heavy atom. The number of aryl methyl sites for hydroxylation is 1. The van der Waals surface area contributed by atoms with Gasteiger partial charge in [-0.3, -0.25) is 4.79 Å². The molecule has 0 fully saturated rings. The van der Waals surface area contributed by atoms with Crippen molar-refractivity contribution in [3.63, 3.8) is 0 Å². The third kappa shape index (κ3) is 4.37. The Labute approximate surface area is 120 Å². The van der Waals surface area contributed by atoms with Crippen LogP contribution >= 0.6 is 0 Å². The minimum atomic E-state index is -4.37. The average molecular weight is 296 g/mol. The normalized spacial score (nSPS) is 10.6. The van der Waals surface area contributed by atoms with Gasteiger partial charge in [-0.1, -0.05) is 26.0 Å². The van der Waals surface area contributed by atoms with Crippen LogP contribution in [0.3, 0.4) is 0 Å². The van der Waals surface area contributed by atoms with E-state index in [9.17, 15) is 18.0 Å². The van der Waals surface area contributed by atoms with Crippen LogP contribution in [0.1, 0.15) is 35.7 Å². The molecule has 0 unspecified atom stereocenters. The summed E-state index contributed by atoms with van der Waals surface area (Å²) < 4.78 is 37.3. The zero-order chi connectivity index (χ0) is 16.0.